The molecule has 0 bridgehead atoms. The molecule has 2 nitrogen and oxygen atoms in total. The van der Waals surface area contributed by atoms with Crippen LogP contribution >= 0.6 is 11.3 Å². The summed E-state index contributed by atoms with van der Waals surface area (Å²) in [7, 11) is 1.93. The summed E-state index contributed by atoms with van der Waals surface area (Å²) in [5, 5.41) is 5.17. The molecule has 0 saturated heterocycles. The quantitative estimate of drug-likeness (QED) is 0.675. The Hall–Kier alpha value is -0.410. The van der Waals surface area contributed by atoms with Crippen LogP contribution in [0.4, 0.5) is 0 Å². The van der Waals surface area contributed by atoms with Crippen LogP contribution in [0.2, 0.25) is 0 Å². The van der Waals surface area contributed by atoms with Gasteiger partial charge in [-0.3, -0.25) is 0 Å². The lowest BCUT2D eigenvalue weighted by Crippen LogP contribution is -2.12. The average molecular weight is 142 g/mol. The van der Waals surface area contributed by atoms with Gasteiger partial charge in [-0.15, -0.1) is 11.3 Å². The van der Waals surface area contributed by atoms with Crippen LogP contribution in [0.25, 0.3) is 0 Å². The molecule has 0 aliphatic heterocycles. The summed E-state index contributed by atoms with van der Waals surface area (Å²) in [5.74, 6) is 0. The monoisotopic (exact) mass is 142 g/mol. The molecule has 1 N–H and O–H groups in total. The van der Waals surface area contributed by atoms with Crippen LogP contribution in [-0.4, -0.2) is 12.0 Å². The average Bonchev–Trinajstić information content (AvgIpc) is 2.37. The van der Waals surface area contributed by atoms with E-state index in [1.807, 2.05) is 12.6 Å². The molecule has 1 heterocycles. The number of nitrogens with zero attached hydrogens (tertiary/aromatic N) is 1. The van der Waals surface area contributed by atoms with Gasteiger partial charge in [0.2, 0.25) is 0 Å². The molecule has 0 radical (unpaired) electrons. The Morgan fingerprint density at radius 1 is 1.78 bits per heavy atom. The van der Waals surface area contributed by atoms with Crippen molar-refractivity contribution in [2.24, 2.45) is 0 Å². The Morgan fingerprint density at radius 2 is 2.56 bits per heavy atom. The summed E-state index contributed by atoms with van der Waals surface area (Å²) >= 11 is 1.63. The van der Waals surface area contributed by atoms with Gasteiger partial charge in [0, 0.05) is 11.4 Å². The summed E-state index contributed by atoms with van der Waals surface area (Å²) < 4.78 is 0. The highest BCUT2D eigenvalue weighted by atomic mass is 32.1. The highest BCUT2D eigenvalue weighted by Gasteiger charge is 2.01. The molecule has 0 aliphatic carbocycles. The van der Waals surface area contributed by atoms with E-state index in [1.165, 1.54) is 0 Å². The number of hydrogen-bond donors (Lipinski definition) is 1. The van der Waals surface area contributed by atoms with Gasteiger partial charge in [-0.1, -0.05) is 0 Å². The molecule has 1 aromatic rings. The van der Waals surface area contributed by atoms with E-state index in [-0.39, 0.29) is 0 Å². The molecule has 1 rings (SSSR count). The standard InChI is InChI=1S/C6H10N2S/c1-5(7-2)6-3-9-4-8-6/h3-5,7H,1-2H3. The zero-order valence-electron chi connectivity index (χ0n) is 5.59. The Morgan fingerprint density at radius 3 is 3.00 bits per heavy atom. The summed E-state index contributed by atoms with van der Waals surface area (Å²) in [6.07, 6.45) is 0. The fourth-order valence-corrected chi connectivity index (χ4v) is 1.23. The predicted molar refractivity (Wildman–Crippen MR) is 39.6 cm³/mol. The molecule has 0 amide bonds. The van der Waals surface area contributed by atoms with Gasteiger partial charge in [0.05, 0.1) is 11.2 Å². The zero-order valence-corrected chi connectivity index (χ0v) is 6.40. The third-order valence-electron chi connectivity index (χ3n) is 1.33. The lowest BCUT2D eigenvalue weighted by atomic mass is 10.3. The first-order valence-electron chi connectivity index (χ1n) is 2.90. The number of aromatic nitrogens is 1. The fourth-order valence-electron chi connectivity index (χ4n) is 0.584. The van der Waals surface area contributed by atoms with Crippen molar-refractivity contribution in [3.63, 3.8) is 0 Å². The van der Waals surface area contributed by atoms with Crippen molar-refractivity contribution >= 4 is 11.3 Å². The smallest absolute Gasteiger partial charge is 0.0795 e. The van der Waals surface area contributed by atoms with Crippen molar-refractivity contribution < 1.29 is 0 Å². The van der Waals surface area contributed by atoms with Crippen LogP contribution in [0.3, 0.4) is 0 Å². The van der Waals surface area contributed by atoms with Crippen molar-refractivity contribution in [1.82, 2.24) is 10.3 Å². The van der Waals surface area contributed by atoms with E-state index in [9.17, 15) is 0 Å². The van der Waals surface area contributed by atoms with E-state index in [0.717, 1.165) is 5.69 Å². The van der Waals surface area contributed by atoms with Gasteiger partial charge in [0.1, 0.15) is 0 Å². The van der Waals surface area contributed by atoms with Gasteiger partial charge >= 0.3 is 0 Å². The fraction of sp³-hybridized carbons (Fsp3) is 0.500. The largest absolute Gasteiger partial charge is 0.312 e. The van der Waals surface area contributed by atoms with Gasteiger partial charge in [0.15, 0.2) is 0 Å². The van der Waals surface area contributed by atoms with Gasteiger partial charge in [-0.2, -0.15) is 0 Å². The van der Waals surface area contributed by atoms with Crippen LogP contribution in [0.5, 0.6) is 0 Å². The third-order valence-corrected chi connectivity index (χ3v) is 1.93. The van der Waals surface area contributed by atoms with Crippen molar-refractivity contribution in [2.45, 2.75) is 13.0 Å². The summed E-state index contributed by atoms with van der Waals surface area (Å²) in [4.78, 5) is 4.14. The predicted octanol–water partition coefficient (Wildman–Crippen LogP) is 1.42. The second kappa shape index (κ2) is 2.94. The zero-order chi connectivity index (χ0) is 6.69. The first-order valence-corrected chi connectivity index (χ1v) is 3.84. The van der Waals surface area contributed by atoms with Gasteiger partial charge < -0.3 is 5.32 Å². The third kappa shape index (κ3) is 1.50. The molecule has 0 aromatic carbocycles. The van der Waals surface area contributed by atoms with E-state index in [1.54, 1.807) is 11.3 Å². The minimum absolute atomic E-state index is 0.385. The first kappa shape index (κ1) is 6.71. The maximum Gasteiger partial charge on any atom is 0.0795 e. The van der Waals surface area contributed by atoms with E-state index in [4.69, 9.17) is 0 Å². The molecule has 0 saturated carbocycles. The molecule has 0 spiro atoms. The number of hydrogen-bond acceptors (Lipinski definition) is 3. The van der Waals surface area contributed by atoms with E-state index in [2.05, 4.69) is 22.6 Å². The Kier molecular flexibility index (Phi) is 2.19. The van der Waals surface area contributed by atoms with Crippen molar-refractivity contribution in [1.29, 1.82) is 0 Å². The van der Waals surface area contributed by atoms with Crippen LogP contribution in [0.15, 0.2) is 10.9 Å². The van der Waals surface area contributed by atoms with Crippen molar-refractivity contribution in [3.05, 3.63) is 16.6 Å². The Labute approximate surface area is 58.9 Å². The van der Waals surface area contributed by atoms with Crippen molar-refractivity contribution in [3.8, 4) is 0 Å². The summed E-state index contributed by atoms with van der Waals surface area (Å²) in [6.45, 7) is 2.09. The molecule has 1 aromatic heterocycles. The molecule has 50 valence electrons. The molecule has 9 heavy (non-hydrogen) atoms. The lowest BCUT2D eigenvalue weighted by molar-refractivity contribution is 0.637. The number of thiazole rings is 1. The SMILES string of the molecule is CNC(C)c1cscn1. The second-order valence-electron chi connectivity index (χ2n) is 1.92. The van der Waals surface area contributed by atoms with Gasteiger partial charge in [0.25, 0.3) is 0 Å². The molecule has 0 aliphatic rings. The number of nitrogens with one attached hydrogen (secondary N) is 1. The van der Waals surface area contributed by atoms with Crippen LogP contribution in [0, 0.1) is 0 Å². The van der Waals surface area contributed by atoms with Crippen LogP contribution < -0.4 is 5.32 Å². The molecule has 1 atom stereocenters. The minimum atomic E-state index is 0.385. The van der Waals surface area contributed by atoms with E-state index in [0.29, 0.717) is 6.04 Å². The molecule has 1 unspecified atom stereocenters. The maximum atomic E-state index is 4.14. The first-order chi connectivity index (χ1) is 4.34. The van der Waals surface area contributed by atoms with Gasteiger partial charge in [-0.25, -0.2) is 4.98 Å². The lowest BCUT2D eigenvalue weighted by Gasteiger charge is -2.03. The van der Waals surface area contributed by atoms with Crippen molar-refractivity contribution in [2.75, 3.05) is 7.05 Å². The summed E-state index contributed by atoms with van der Waals surface area (Å²) in [6, 6.07) is 0.385. The Balaban J connectivity index is 2.65. The van der Waals surface area contributed by atoms with E-state index < -0.39 is 0 Å². The molecular weight excluding hydrogens is 132 g/mol. The molecule has 3 heteroatoms. The van der Waals surface area contributed by atoms with Crippen LogP contribution in [0.1, 0.15) is 18.7 Å². The van der Waals surface area contributed by atoms with Crippen LogP contribution in [-0.2, 0) is 0 Å². The Bertz CT molecular complexity index is 160. The second-order valence-corrected chi connectivity index (χ2v) is 2.64. The highest BCUT2D eigenvalue weighted by Crippen LogP contribution is 2.10. The molecule has 0 fully saturated rings. The normalized spacial score (nSPS) is 13.6. The van der Waals surface area contributed by atoms with Gasteiger partial charge in [-0.05, 0) is 14.0 Å². The van der Waals surface area contributed by atoms with E-state index >= 15 is 0 Å². The topological polar surface area (TPSA) is 24.9 Å². The minimum Gasteiger partial charge on any atom is -0.312 e. The number of rotatable bonds is 2. The maximum absolute atomic E-state index is 4.14. The summed E-state index contributed by atoms with van der Waals surface area (Å²) in [5.41, 5.74) is 2.98. The highest BCUT2D eigenvalue weighted by molar-refractivity contribution is 7.07. The molecular formula is C6H10N2S.